The maximum atomic E-state index is 11.7. The number of nitrogens with zero attached hydrogens (tertiary/aromatic N) is 1. The number of carbonyl (C=O) groups is 2. The normalized spacial score (nSPS) is 9.42. The van der Waals surface area contributed by atoms with Gasteiger partial charge in [0.1, 0.15) is 0 Å². The molecule has 7 heteroatoms. The number of anilines is 1. The third-order valence-corrected chi connectivity index (χ3v) is 2.48. The van der Waals surface area contributed by atoms with Gasteiger partial charge < -0.3 is 15.5 Å². The molecule has 2 amide bonds. The fourth-order valence-electron chi connectivity index (χ4n) is 1.36. The van der Waals surface area contributed by atoms with E-state index in [9.17, 15) is 9.59 Å². The number of carbonyl (C=O) groups excluding carboxylic acids is 2. The van der Waals surface area contributed by atoms with Crippen LogP contribution in [0.2, 0.25) is 5.02 Å². The minimum atomic E-state index is -0.260. The van der Waals surface area contributed by atoms with Crippen LogP contribution in [0.1, 0.15) is 0 Å². The molecule has 0 saturated heterocycles. The molecule has 0 saturated carbocycles. The van der Waals surface area contributed by atoms with Gasteiger partial charge >= 0.3 is 0 Å². The number of nitrogens with one attached hydrogen (secondary N) is 2. The lowest BCUT2D eigenvalue weighted by Crippen LogP contribution is -2.39. The third kappa shape index (κ3) is 6.42. The first kappa shape index (κ1) is 17.7. The predicted molar refractivity (Wildman–Crippen MR) is 78.9 cm³/mol. The molecular formula is C12H17Cl2N3O2. The minimum Gasteiger partial charge on any atom is -0.335 e. The van der Waals surface area contributed by atoms with Crippen molar-refractivity contribution < 1.29 is 9.59 Å². The molecule has 0 aliphatic heterocycles. The highest BCUT2D eigenvalue weighted by molar-refractivity contribution is 6.30. The van der Waals surface area contributed by atoms with E-state index in [0.717, 1.165) is 0 Å². The van der Waals surface area contributed by atoms with Gasteiger partial charge in [-0.3, -0.25) is 9.59 Å². The maximum absolute atomic E-state index is 11.7. The molecule has 0 radical (unpaired) electrons. The number of hydrogen-bond acceptors (Lipinski definition) is 3. The molecule has 2 N–H and O–H groups in total. The SMILES string of the molecule is CNCC(=O)N(C)CC(=O)Nc1cccc(Cl)c1.Cl. The summed E-state index contributed by atoms with van der Waals surface area (Å²) in [5.74, 6) is -0.400. The van der Waals surface area contributed by atoms with Gasteiger partial charge in [-0.05, 0) is 25.2 Å². The number of likely N-dealkylation sites (N-methyl/N-ethyl adjacent to an activating group) is 2. The van der Waals surface area contributed by atoms with Crippen molar-refractivity contribution in [1.82, 2.24) is 10.2 Å². The summed E-state index contributed by atoms with van der Waals surface area (Å²) >= 11 is 5.80. The molecule has 0 bridgehead atoms. The predicted octanol–water partition coefficient (Wildman–Crippen LogP) is 1.38. The number of rotatable bonds is 5. The van der Waals surface area contributed by atoms with E-state index in [0.29, 0.717) is 10.7 Å². The highest BCUT2D eigenvalue weighted by Gasteiger charge is 2.11. The standard InChI is InChI=1S/C12H16ClN3O2.ClH/c1-14-7-12(18)16(2)8-11(17)15-10-5-3-4-9(13)6-10;/h3-6,14H,7-8H2,1-2H3,(H,15,17);1H. The fourth-order valence-corrected chi connectivity index (χ4v) is 1.55. The van der Waals surface area contributed by atoms with E-state index >= 15 is 0 Å². The topological polar surface area (TPSA) is 61.4 Å². The molecule has 1 rings (SSSR count). The van der Waals surface area contributed by atoms with E-state index in [2.05, 4.69) is 10.6 Å². The summed E-state index contributed by atoms with van der Waals surface area (Å²) in [7, 11) is 3.26. The van der Waals surface area contributed by atoms with Crippen LogP contribution >= 0.6 is 24.0 Å². The second-order valence-corrected chi connectivity index (χ2v) is 4.28. The Labute approximate surface area is 123 Å². The van der Waals surface area contributed by atoms with Gasteiger partial charge in [-0.15, -0.1) is 12.4 Å². The van der Waals surface area contributed by atoms with Gasteiger partial charge in [-0.25, -0.2) is 0 Å². The summed E-state index contributed by atoms with van der Waals surface area (Å²) in [5, 5.41) is 5.96. The van der Waals surface area contributed by atoms with Crippen LogP contribution in [0.4, 0.5) is 5.69 Å². The van der Waals surface area contributed by atoms with E-state index in [-0.39, 0.29) is 37.3 Å². The van der Waals surface area contributed by atoms with Gasteiger partial charge in [-0.2, -0.15) is 0 Å². The Morgan fingerprint density at radius 2 is 2.05 bits per heavy atom. The van der Waals surface area contributed by atoms with Crippen LogP contribution in [0.5, 0.6) is 0 Å². The number of halogens is 2. The van der Waals surface area contributed by atoms with Crippen LogP contribution in [-0.4, -0.2) is 43.9 Å². The summed E-state index contributed by atoms with van der Waals surface area (Å²) in [4.78, 5) is 24.5. The first-order chi connectivity index (χ1) is 8.52. The lowest BCUT2D eigenvalue weighted by molar-refractivity contribution is -0.132. The quantitative estimate of drug-likeness (QED) is 0.864. The van der Waals surface area contributed by atoms with Gasteiger partial charge in [0.2, 0.25) is 11.8 Å². The van der Waals surface area contributed by atoms with Crippen molar-refractivity contribution >= 4 is 41.5 Å². The van der Waals surface area contributed by atoms with Crippen molar-refractivity contribution in [3.8, 4) is 0 Å². The van der Waals surface area contributed by atoms with Crippen LogP contribution in [0, 0.1) is 0 Å². The Morgan fingerprint density at radius 3 is 2.63 bits per heavy atom. The van der Waals surface area contributed by atoms with Crippen LogP contribution in [0.15, 0.2) is 24.3 Å². The average molecular weight is 306 g/mol. The van der Waals surface area contributed by atoms with Crippen LogP contribution < -0.4 is 10.6 Å². The van der Waals surface area contributed by atoms with E-state index in [1.54, 1.807) is 38.4 Å². The summed E-state index contributed by atoms with van der Waals surface area (Å²) in [6.07, 6.45) is 0. The molecule has 0 aromatic heterocycles. The molecule has 0 atom stereocenters. The molecule has 1 aromatic carbocycles. The van der Waals surface area contributed by atoms with Gasteiger partial charge in [0.15, 0.2) is 0 Å². The molecule has 0 fully saturated rings. The molecule has 5 nitrogen and oxygen atoms in total. The van der Waals surface area contributed by atoms with E-state index in [1.807, 2.05) is 0 Å². The minimum absolute atomic E-state index is 0. The van der Waals surface area contributed by atoms with Crippen molar-refractivity contribution in [2.45, 2.75) is 0 Å². The van der Waals surface area contributed by atoms with Gasteiger partial charge in [0.05, 0.1) is 13.1 Å². The monoisotopic (exact) mass is 305 g/mol. The molecule has 0 unspecified atom stereocenters. The summed E-state index contributed by atoms with van der Waals surface area (Å²) in [6.45, 7) is 0.216. The summed E-state index contributed by atoms with van der Waals surface area (Å²) in [6, 6.07) is 6.85. The molecule has 0 aliphatic rings. The highest BCUT2D eigenvalue weighted by atomic mass is 35.5. The third-order valence-electron chi connectivity index (χ3n) is 2.24. The molecule has 0 spiro atoms. The maximum Gasteiger partial charge on any atom is 0.243 e. The van der Waals surface area contributed by atoms with Gasteiger partial charge in [0.25, 0.3) is 0 Å². The van der Waals surface area contributed by atoms with Crippen molar-refractivity contribution in [2.75, 3.05) is 32.5 Å². The largest absolute Gasteiger partial charge is 0.335 e. The lowest BCUT2D eigenvalue weighted by atomic mass is 10.3. The van der Waals surface area contributed by atoms with Crippen molar-refractivity contribution in [3.05, 3.63) is 29.3 Å². The van der Waals surface area contributed by atoms with Crippen molar-refractivity contribution in [1.29, 1.82) is 0 Å². The molecular weight excluding hydrogens is 289 g/mol. The zero-order valence-electron chi connectivity index (χ0n) is 10.8. The Hall–Kier alpha value is -1.30. The molecule has 106 valence electrons. The smallest absolute Gasteiger partial charge is 0.243 e. The summed E-state index contributed by atoms with van der Waals surface area (Å²) in [5.41, 5.74) is 0.613. The Kier molecular flexibility index (Phi) is 8.14. The Bertz CT molecular complexity index is 441. The Balaban J connectivity index is 0.00000324. The number of benzene rings is 1. The van der Waals surface area contributed by atoms with Crippen molar-refractivity contribution in [2.24, 2.45) is 0 Å². The second-order valence-electron chi connectivity index (χ2n) is 3.84. The average Bonchev–Trinajstić information content (AvgIpc) is 2.28. The Morgan fingerprint density at radius 1 is 1.37 bits per heavy atom. The first-order valence-corrected chi connectivity index (χ1v) is 5.84. The first-order valence-electron chi connectivity index (χ1n) is 5.47. The van der Waals surface area contributed by atoms with Crippen LogP contribution in [-0.2, 0) is 9.59 Å². The molecule has 19 heavy (non-hydrogen) atoms. The van der Waals surface area contributed by atoms with Gasteiger partial charge in [0, 0.05) is 17.8 Å². The lowest BCUT2D eigenvalue weighted by Gasteiger charge is -2.16. The van der Waals surface area contributed by atoms with E-state index in [1.165, 1.54) is 4.90 Å². The molecule has 0 heterocycles. The highest BCUT2D eigenvalue weighted by Crippen LogP contribution is 2.14. The molecule has 1 aromatic rings. The zero-order chi connectivity index (χ0) is 13.5. The molecule has 0 aliphatic carbocycles. The van der Waals surface area contributed by atoms with Crippen LogP contribution in [0.3, 0.4) is 0 Å². The fraction of sp³-hybridized carbons (Fsp3) is 0.333. The van der Waals surface area contributed by atoms with Crippen molar-refractivity contribution in [3.63, 3.8) is 0 Å². The second kappa shape index (κ2) is 8.74. The van der Waals surface area contributed by atoms with E-state index in [4.69, 9.17) is 11.6 Å². The van der Waals surface area contributed by atoms with Crippen LogP contribution in [0.25, 0.3) is 0 Å². The van der Waals surface area contributed by atoms with E-state index < -0.39 is 0 Å². The number of amides is 2. The summed E-state index contributed by atoms with van der Waals surface area (Å²) < 4.78 is 0. The zero-order valence-corrected chi connectivity index (χ0v) is 12.3. The number of hydrogen-bond donors (Lipinski definition) is 2. The van der Waals surface area contributed by atoms with Gasteiger partial charge in [-0.1, -0.05) is 17.7 Å².